The van der Waals surface area contributed by atoms with Crippen LogP contribution in [0.25, 0.3) is 11.5 Å². The van der Waals surface area contributed by atoms with Crippen molar-refractivity contribution in [2.75, 3.05) is 11.6 Å². The molecule has 156 valence electrons. The minimum Gasteiger partial charge on any atom is -0.487 e. The molecule has 2 aromatic carbocycles. The largest absolute Gasteiger partial charge is 0.487 e. The third-order valence-corrected chi connectivity index (χ3v) is 6.20. The molecule has 2 heterocycles. The van der Waals surface area contributed by atoms with Crippen molar-refractivity contribution in [2.45, 2.75) is 33.0 Å². The predicted molar refractivity (Wildman–Crippen MR) is 116 cm³/mol. The smallest absolute Gasteiger partial charge is 0.321 e. The lowest BCUT2D eigenvalue weighted by Crippen LogP contribution is -2.37. The zero-order valence-corrected chi connectivity index (χ0v) is 17.8. The molecule has 30 heavy (non-hydrogen) atoms. The van der Waals surface area contributed by atoms with Gasteiger partial charge in [0.1, 0.15) is 29.9 Å². The quantitative estimate of drug-likeness (QED) is 0.598. The lowest BCUT2D eigenvalue weighted by molar-refractivity contribution is -0.141. The van der Waals surface area contributed by atoms with Gasteiger partial charge in [0.15, 0.2) is 0 Å². The van der Waals surface area contributed by atoms with Crippen LogP contribution in [0.15, 0.2) is 52.9 Å². The first-order chi connectivity index (χ1) is 14.5. The molecule has 0 spiro atoms. The molecular weight excluding hydrogens is 400 g/mol. The van der Waals surface area contributed by atoms with Crippen LogP contribution in [0.4, 0.5) is 0 Å². The Bertz CT molecular complexity index is 1010. The van der Waals surface area contributed by atoms with E-state index in [9.17, 15) is 9.90 Å². The Morgan fingerprint density at radius 3 is 2.63 bits per heavy atom. The number of hydrogen-bond donors (Lipinski definition) is 1. The van der Waals surface area contributed by atoms with E-state index in [-0.39, 0.29) is 0 Å². The van der Waals surface area contributed by atoms with Crippen molar-refractivity contribution in [3.05, 3.63) is 71.1 Å². The average Bonchev–Trinajstić information content (AvgIpc) is 3.35. The number of benzene rings is 2. The van der Waals surface area contributed by atoms with Crippen molar-refractivity contribution in [1.82, 2.24) is 9.88 Å². The van der Waals surface area contributed by atoms with Crippen LogP contribution in [-0.2, 0) is 17.9 Å². The number of carboxylic acids is 1. The first kappa shape index (κ1) is 20.5. The van der Waals surface area contributed by atoms with Gasteiger partial charge in [-0.25, -0.2) is 4.98 Å². The van der Waals surface area contributed by atoms with Crippen LogP contribution in [-0.4, -0.2) is 38.6 Å². The molecule has 1 N–H and O–H groups in total. The minimum absolute atomic E-state index is 0.324. The third kappa shape index (κ3) is 4.68. The molecule has 1 unspecified atom stereocenters. The highest BCUT2D eigenvalue weighted by atomic mass is 32.2. The second kappa shape index (κ2) is 8.93. The fraction of sp³-hybridized carbons (Fsp3) is 0.304. The number of hydrogen-bond acceptors (Lipinski definition) is 6. The van der Waals surface area contributed by atoms with E-state index in [0.29, 0.717) is 24.8 Å². The number of carboxylic acid groups (broad SMARTS) is 1. The van der Waals surface area contributed by atoms with Crippen molar-refractivity contribution in [1.29, 1.82) is 0 Å². The fourth-order valence-corrected chi connectivity index (χ4v) is 4.51. The van der Waals surface area contributed by atoms with Crippen molar-refractivity contribution >= 4 is 17.7 Å². The summed E-state index contributed by atoms with van der Waals surface area (Å²) in [4.78, 5) is 17.9. The molecule has 0 saturated carbocycles. The molecule has 1 aliphatic heterocycles. The Hall–Kier alpha value is -2.77. The SMILES string of the molecule is Cc1ccc(-c2nc(COc3ccc(CN4CSCC4C(=O)O)cc3)c(C)o2)cc1. The molecule has 0 radical (unpaired) electrons. The van der Waals surface area contributed by atoms with Crippen LogP contribution in [0.3, 0.4) is 0 Å². The molecule has 7 heteroatoms. The van der Waals surface area contributed by atoms with E-state index in [2.05, 4.69) is 4.98 Å². The van der Waals surface area contributed by atoms with E-state index >= 15 is 0 Å². The summed E-state index contributed by atoms with van der Waals surface area (Å²) in [6, 6.07) is 15.4. The van der Waals surface area contributed by atoms with E-state index in [4.69, 9.17) is 9.15 Å². The summed E-state index contributed by atoms with van der Waals surface area (Å²) in [7, 11) is 0. The lowest BCUT2D eigenvalue weighted by atomic mass is 10.1. The van der Waals surface area contributed by atoms with E-state index < -0.39 is 12.0 Å². The van der Waals surface area contributed by atoms with Crippen molar-refractivity contribution < 1.29 is 19.1 Å². The zero-order chi connectivity index (χ0) is 21.1. The van der Waals surface area contributed by atoms with Crippen LogP contribution in [0.5, 0.6) is 5.75 Å². The maximum atomic E-state index is 11.3. The lowest BCUT2D eigenvalue weighted by Gasteiger charge is -2.20. The van der Waals surface area contributed by atoms with Gasteiger partial charge in [-0.3, -0.25) is 9.69 Å². The molecule has 1 fully saturated rings. The van der Waals surface area contributed by atoms with Crippen LogP contribution in [0.2, 0.25) is 0 Å². The molecule has 1 atom stereocenters. The van der Waals surface area contributed by atoms with Crippen molar-refractivity contribution in [3.63, 3.8) is 0 Å². The highest BCUT2D eigenvalue weighted by Crippen LogP contribution is 2.25. The van der Waals surface area contributed by atoms with E-state index in [0.717, 1.165) is 34.2 Å². The second-order valence-electron chi connectivity index (χ2n) is 7.42. The van der Waals surface area contributed by atoms with Gasteiger partial charge in [0.05, 0.1) is 0 Å². The summed E-state index contributed by atoms with van der Waals surface area (Å²) in [6.45, 7) is 4.88. The highest BCUT2D eigenvalue weighted by Gasteiger charge is 2.30. The summed E-state index contributed by atoms with van der Waals surface area (Å²) in [5.41, 5.74) is 3.97. The molecule has 0 bridgehead atoms. The topological polar surface area (TPSA) is 75.8 Å². The summed E-state index contributed by atoms with van der Waals surface area (Å²) in [6.07, 6.45) is 0. The van der Waals surface area contributed by atoms with E-state index in [1.165, 1.54) is 5.56 Å². The first-order valence-electron chi connectivity index (χ1n) is 9.79. The number of aliphatic carboxylic acids is 1. The molecule has 6 nitrogen and oxygen atoms in total. The monoisotopic (exact) mass is 424 g/mol. The molecule has 1 aliphatic rings. The summed E-state index contributed by atoms with van der Waals surface area (Å²) in [5, 5.41) is 9.30. The normalized spacial score (nSPS) is 16.7. The third-order valence-electron chi connectivity index (χ3n) is 5.13. The summed E-state index contributed by atoms with van der Waals surface area (Å²) < 4.78 is 11.7. The second-order valence-corrected chi connectivity index (χ2v) is 8.42. The zero-order valence-electron chi connectivity index (χ0n) is 17.0. The van der Waals surface area contributed by atoms with Crippen molar-refractivity contribution in [2.24, 2.45) is 0 Å². The van der Waals surface area contributed by atoms with Gasteiger partial charge < -0.3 is 14.3 Å². The number of aryl methyl sites for hydroxylation is 2. The number of oxazole rings is 1. The maximum absolute atomic E-state index is 11.3. The van der Waals surface area contributed by atoms with Gasteiger partial charge in [-0.05, 0) is 43.7 Å². The minimum atomic E-state index is -0.757. The molecular formula is C23H24N2O4S. The summed E-state index contributed by atoms with van der Waals surface area (Å²) >= 11 is 1.65. The van der Waals surface area contributed by atoms with Gasteiger partial charge in [-0.15, -0.1) is 11.8 Å². The Morgan fingerprint density at radius 1 is 1.20 bits per heavy atom. The van der Waals surface area contributed by atoms with Gasteiger partial charge in [-0.1, -0.05) is 29.8 Å². The van der Waals surface area contributed by atoms with Gasteiger partial charge in [0.2, 0.25) is 5.89 Å². The molecule has 4 rings (SSSR count). The Morgan fingerprint density at radius 2 is 1.93 bits per heavy atom. The number of nitrogens with zero attached hydrogens (tertiary/aromatic N) is 2. The molecule has 0 aliphatic carbocycles. The first-order valence-corrected chi connectivity index (χ1v) is 10.9. The van der Waals surface area contributed by atoms with Crippen LogP contribution in [0, 0.1) is 13.8 Å². The Kier molecular flexibility index (Phi) is 6.11. The van der Waals surface area contributed by atoms with Crippen LogP contribution < -0.4 is 4.74 Å². The number of rotatable bonds is 7. The molecule has 1 saturated heterocycles. The maximum Gasteiger partial charge on any atom is 0.321 e. The predicted octanol–water partition coefficient (Wildman–Crippen LogP) is 4.50. The average molecular weight is 425 g/mol. The number of carbonyl (C=O) groups is 1. The van der Waals surface area contributed by atoms with Gasteiger partial charge in [-0.2, -0.15) is 0 Å². The van der Waals surface area contributed by atoms with Crippen LogP contribution >= 0.6 is 11.8 Å². The number of aromatic nitrogens is 1. The number of ether oxygens (including phenoxy) is 1. The Balaban J connectivity index is 1.36. The van der Waals surface area contributed by atoms with Gasteiger partial charge in [0.25, 0.3) is 0 Å². The van der Waals surface area contributed by atoms with Crippen molar-refractivity contribution in [3.8, 4) is 17.2 Å². The fourth-order valence-electron chi connectivity index (χ4n) is 3.32. The van der Waals surface area contributed by atoms with Gasteiger partial charge in [0, 0.05) is 23.7 Å². The Labute approximate surface area is 179 Å². The molecule has 3 aromatic rings. The molecule has 0 amide bonds. The molecule has 1 aromatic heterocycles. The standard InChI is InChI=1S/C23H24N2O4S/c1-15-3-7-18(8-4-15)22-24-20(16(2)29-22)12-28-19-9-5-17(6-10-19)11-25-14-30-13-21(25)23(26)27/h3-10,21H,11-14H2,1-2H3,(H,26,27). The van der Waals surface area contributed by atoms with E-state index in [1.54, 1.807) is 11.8 Å². The van der Waals surface area contributed by atoms with Gasteiger partial charge >= 0.3 is 5.97 Å². The number of thioether (sulfide) groups is 1. The van der Waals surface area contributed by atoms with Crippen LogP contribution in [0.1, 0.15) is 22.6 Å². The highest BCUT2D eigenvalue weighted by molar-refractivity contribution is 7.99. The van der Waals surface area contributed by atoms with E-state index in [1.807, 2.05) is 67.3 Å². The summed E-state index contributed by atoms with van der Waals surface area (Å²) in [5.74, 6) is 2.70.